The molecule has 0 radical (unpaired) electrons. The van der Waals surface area contributed by atoms with E-state index in [0.717, 1.165) is 5.69 Å². The van der Waals surface area contributed by atoms with Crippen LogP contribution in [0.3, 0.4) is 0 Å². The molecule has 0 bridgehead atoms. The molecule has 0 fully saturated rings. The maximum Gasteiger partial charge on any atom is 0.278 e. The Bertz CT molecular complexity index is 951. The van der Waals surface area contributed by atoms with Gasteiger partial charge >= 0.3 is 0 Å². The van der Waals surface area contributed by atoms with E-state index in [0.29, 0.717) is 5.69 Å². The third-order valence-corrected chi connectivity index (χ3v) is 4.05. The number of nitriles is 1. The van der Waals surface area contributed by atoms with E-state index in [1.807, 2.05) is 36.4 Å². The number of halogens is 1. The summed E-state index contributed by atoms with van der Waals surface area (Å²) >= 11 is 6.15. The van der Waals surface area contributed by atoms with Gasteiger partial charge in [0.25, 0.3) is 5.91 Å². The van der Waals surface area contributed by atoms with Crippen molar-refractivity contribution in [3.05, 3.63) is 58.5 Å². The van der Waals surface area contributed by atoms with Gasteiger partial charge in [0.1, 0.15) is 11.6 Å². The fraction of sp³-hybridized carbons (Fsp3) is 0.125. The molecule has 0 atom stereocenters. The van der Waals surface area contributed by atoms with Crippen LogP contribution in [0.4, 0.5) is 5.82 Å². The lowest BCUT2D eigenvalue weighted by Gasteiger charge is -2.08. The number of carbonyl (C=O) groups is 1. The number of hydrogen-bond donors (Lipinski definition) is 1. The third-order valence-electron chi connectivity index (χ3n) is 3.60. The minimum absolute atomic E-state index is 0.0985. The van der Waals surface area contributed by atoms with Gasteiger partial charge in [0.15, 0.2) is 11.5 Å². The first-order chi connectivity index (χ1) is 11.5. The average molecular weight is 341 g/mol. The van der Waals surface area contributed by atoms with Crippen LogP contribution in [-0.4, -0.2) is 25.5 Å². The molecule has 0 unspecified atom stereocenters. The van der Waals surface area contributed by atoms with E-state index in [1.54, 1.807) is 14.0 Å². The first-order valence-corrected chi connectivity index (χ1v) is 7.44. The van der Waals surface area contributed by atoms with Gasteiger partial charge in [-0.05, 0) is 19.1 Å². The Kier molecular flexibility index (Phi) is 4.06. The number of carbonyl (C=O) groups excluding carboxylic acids is 1. The number of rotatable bonds is 3. The Morgan fingerprint density at radius 2 is 2.04 bits per heavy atom. The highest BCUT2D eigenvalue weighted by atomic mass is 35.5. The van der Waals surface area contributed by atoms with Crippen molar-refractivity contribution in [1.82, 2.24) is 19.6 Å². The van der Waals surface area contributed by atoms with E-state index < -0.39 is 5.91 Å². The molecule has 7 nitrogen and oxygen atoms in total. The molecule has 0 saturated heterocycles. The number of hydrogen-bond acceptors (Lipinski definition) is 4. The molecule has 1 aromatic carbocycles. The number of aryl methyl sites for hydroxylation is 1. The van der Waals surface area contributed by atoms with Gasteiger partial charge in [-0.2, -0.15) is 15.5 Å². The standard InChI is InChI=1S/C16H13ClN6O/c1-10-13(17)14(21-22(10)2)16(24)20-15-11(8-18)9-19-23(15)12-6-4-3-5-7-12/h3-7,9H,1-2H3,(H,20,24). The van der Waals surface area contributed by atoms with Gasteiger partial charge in [-0.3, -0.25) is 9.48 Å². The summed E-state index contributed by atoms with van der Waals surface area (Å²) in [4.78, 5) is 12.5. The van der Waals surface area contributed by atoms with E-state index in [1.165, 1.54) is 15.6 Å². The molecule has 1 amide bonds. The molecule has 24 heavy (non-hydrogen) atoms. The lowest BCUT2D eigenvalue weighted by Crippen LogP contribution is -2.17. The summed E-state index contributed by atoms with van der Waals surface area (Å²) in [5.74, 6) is -0.231. The summed E-state index contributed by atoms with van der Waals surface area (Å²) in [6.07, 6.45) is 1.40. The number of aromatic nitrogens is 4. The van der Waals surface area contributed by atoms with Gasteiger partial charge in [-0.15, -0.1) is 0 Å². The van der Waals surface area contributed by atoms with Crippen LogP contribution in [0.25, 0.3) is 5.69 Å². The zero-order valence-corrected chi connectivity index (χ0v) is 13.7. The fourth-order valence-corrected chi connectivity index (χ4v) is 2.46. The molecule has 8 heteroatoms. The highest BCUT2D eigenvalue weighted by Crippen LogP contribution is 2.23. The fourth-order valence-electron chi connectivity index (χ4n) is 2.21. The molecule has 0 saturated carbocycles. The molecule has 3 aromatic rings. The Morgan fingerprint density at radius 1 is 1.33 bits per heavy atom. The quantitative estimate of drug-likeness (QED) is 0.793. The minimum atomic E-state index is -0.502. The highest BCUT2D eigenvalue weighted by molar-refractivity contribution is 6.34. The van der Waals surface area contributed by atoms with Crippen molar-refractivity contribution < 1.29 is 4.79 Å². The Balaban J connectivity index is 2.01. The lowest BCUT2D eigenvalue weighted by atomic mass is 10.3. The summed E-state index contributed by atoms with van der Waals surface area (Å²) in [7, 11) is 1.70. The predicted octanol–water partition coefficient (Wildman–Crippen LogP) is 2.69. The normalized spacial score (nSPS) is 10.4. The molecule has 0 spiro atoms. The zero-order valence-electron chi connectivity index (χ0n) is 13.0. The van der Waals surface area contributed by atoms with Gasteiger partial charge in [0.2, 0.25) is 0 Å². The summed E-state index contributed by atoms with van der Waals surface area (Å²) < 4.78 is 3.01. The first-order valence-electron chi connectivity index (χ1n) is 7.07. The molecular weight excluding hydrogens is 328 g/mol. The molecule has 1 N–H and O–H groups in total. The van der Waals surface area contributed by atoms with Crippen molar-refractivity contribution in [2.45, 2.75) is 6.92 Å². The third kappa shape index (κ3) is 2.64. The van der Waals surface area contributed by atoms with Gasteiger partial charge in [0.05, 0.1) is 22.6 Å². The van der Waals surface area contributed by atoms with E-state index in [-0.39, 0.29) is 22.1 Å². The summed E-state index contributed by atoms with van der Waals surface area (Å²) in [5.41, 5.74) is 1.74. The largest absolute Gasteiger partial charge is 0.304 e. The van der Waals surface area contributed by atoms with Crippen molar-refractivity contribution in [3.8, 4) is 11.8 Å². The molecule has 0 aliphatic carbocycles. The van der Waals surface area contributed by atoms with Crippen molar-refractivity contribution >= 4 is 23.3 Å². The van der Waals surface area contributed by atoms with Gasteiger partial charge in [-0.1, -0.05) is 29.8 Å². The number of nitrogens with zero attached hydrogens (tertiary/aromatic N) is 5. The smallest absolute Gasteiger partial charge is 0.278 e. The van der Waals surface area contributed by atoms with Crippen molar-refractivity contribution in [3.63, 3.8) is 0 Å². The highest BCUT2D eigenvalue weighted by Gasteiger charge is 2.21. The van der Waals surface area contributed by atoms with Crippen LogP contribution in [0.5, 0.6) is 0 Å². The second-order valence-corrected chi connectivity index (χ2v) is 5.47. The zero-order chi connectivity index (χ0) is 17.3. The van der Waals surface area contributed by atoms with Crippen LogP contribution in [-0.2, 0) is 7.05 Å². The van der Waals surface area contributed by atoms with Gasteiger partial charge < -0.3 is 5.32 Å². The topological polar surface area (TPSA) is 88.5 Å². The summed E-state index contributed by atoms with van der Waals surface area (Å²) in [6.45, 7) is 1.76. The van der Waals surface area contributed by atoms with Gasteiger partial charge in [-0.25, -0.2) is 4.68 Å². The van der Waals surface area contributed by atoms with E-state index in [9.17, 15) is 10.1 Å². The number of benzene rings is 1. The number of anilines is 1. The van der Waals surface area contributed by atoms with Crippen LogP contribution in [0.1, 0.15) is 21.7 Å². The van der Waals surface area contributed by atoms with Crippen LogP contribution in [0.2, 0.25) is 5.02 Å². The molecule has 0 aliphatic rings. The maximum absolute atomic E-state index is 12.5. The van der Waals surface area contributed by atoms with E-state index in [4.69, 9.17) is 11.6 Å². The predicted molar refractivity (Wildman–Crippen MR) is 89.2 cm³/mol. The van der Waals surface area contributed by atoms with E-state index >= 15 is 0 Å². The van der Waals surface area contributed by atoms with Gasteiger partial charge in [0, 0.05) is 7.05 Å². The molecule has 120 valence electrons. The Hall–Kier alpha value is -3.11. The minimum Gasteiger partial charge on any atom is -0.304 e. The molecule has 2 aromatic heterocycles. The number of para-hydroxylation sites is 1. The van der Waals surface area contributed by atoms with Crippen LogP contribution in [0.15, 0.2) is 36.5 Å². The number of nitrogens with one attached hydrogen (secondary N) is 1. The van der Waals surface area contributed by atoms with Crippen LogP contribution >= 0.6 is 11.6 Å². The lowest BCUT2D eigenvalue weighted by molar-refractivity contribution is 0.102. The molecule has 2 heterocycles. The monoisotopic (exact) mass is 340 g/mol. The molecular formula is C16H13ClN6O. The molecule has 0 aliphatic heterocycles. The first kappa shape index (κ1) is 15.8. The van der Waals surface area contributed by atoms with Crippen molar-refractivity contribution in [2.75, 3.05) is 5.32 Å². The van der Waals surface area contributed by atoms with E-state index in [2.05, 4.69) is 15.5 Å². The maximum atomic E-state index is 12.5. The average Bonchev–Trinajstić information content (AvgIpc) is 3.11. The second kappa shape index (κ2) is 6.18. The van der Waals surface area contributed by atoms with Crippen LogP contribution < -0.4 is 5.32 Å². The summed E-state index contributed by atoms with van der Waals surface area (Å²) in [6, 6.07) is 11.2. The SMILES string of the molecule is Cc1c(Cl)c(C(=O)Nc2c(C#N)cnn2-c2ccccc2)nn1C. The van der Waals surface area contributed by atoms with Crippen molar-refractivity contribution in [1.29, 1.82) is 5.26 Å². The Morgan fingerprint density at radius 3 is 2.62 bits per heavy atom. The van der Waals surface area contributed by atoms with Crippen LogP contribution in [0, 0.1) is 18.3 Å². The molecule has 3 rings (SSSR count). The van der Waals surface area contributed by atoms with Crippen molar-refractivity contribution in [2.24, 2.45) is 7.05 Å². The second-order valence-electron chi connectivity index (χ2n) is 5.09. The summed E-state index contributed by atoms with van der Waals surface area (Å²) in [5, 5.41) is 20.5. The Labute approximate surface area is 143 Å². The number of amides is 1.